The van der Waals surface area contributed by atoms with Crippen LogP contribution in [0.25, 0.3) is 5.69 Å². The van der Waals surface area contributed by atoms with Crippen molar-refractivity contribution in [1.29, 1.82) is 0 Å². The lowest BCUT2D eigenvalue weighted by Crippen LogP contribution is -2.29. The van der Waals surface area contributed by atoms with Crippen LogP contribution in [0.3, 0.4) is 0 Å². The fraction of sp³-hybridized carbons (Fsp3) is 0.0952. The molecule has 0 atom stereocenters. The van der Waals surface area contributed by atoms with Crippen molar-refractivity contribution in [1.82, 2.24) is 30.3 Å². The lowest BCUT2D eigenvalue weighted by atomic mass is 10.2. The van der Waals surface area contributed by atoms with Crippen molar-refractivity contribution in [2.75, 3.05) is 23.7 Å². The Morgan fingerprint density at radius 2 is 1.73 bits per heavy atom. The molecular weight excluding hydrogens is 380 g/mol. The molecule has 1 aromatic carbocycles. The van der Waals surface area contributed by atoms with Gasteiger partial charge in [-0.3, -0.25) is 9.78 Å². The van der Waals surface area contributed by atoms with Gasteiger partial charge in [0.2, 0.25) is 0 Å². The molecule has 0 saturated heterocycles. The summed E-state index contributed by atoms with van der Waals surface area (Å²) in [7, 11) is 0. The van der Waals surface area contributed by atoms with E-state index in [0.29, 0.717) is 30.3 Å². The molecule has 0 unspecified atom stereocenters. The van der Waals surface area contributed by atoms with Gasteiger partial charge in [0.05, 0.1) is 5.69 Å². The van der Waals surface area contributed by atoms with Gasteiger partial charge in [-0.2, -0.15) is 5.10 Å². The Morgan fingerprint density at radius 1 is 0.900 bits per heavy atom. The highest BCUT2D eigenvalue weighted by atomic mass is 16.1. The number of pyridine rings is 1. The number of anilines is 3. The molecular formula is C21H20N8O. The first-order valence-electron chi connectivity index (χ1n) is 9.41. The molecule has 3 heterocycles. The first-order chi connectivity index (χ1) is 14.8. The Kier molecular flexibility index (Phi) is 5.90. The maximum absolute atomic E-state index is 12.4. The highest BCUT2D eigenvalue weighted by molar-refractivity contribution is 5.94. The summed E-state index contributed by atoms with van der Waals surface area (Å²) in [5.74, 6) is 1.12. The SMILES string of the molecule is O=C(NCCNc1ccc(Nc2ccncc2)nn1)c1cccc(-n2cccn2)c1. The summed E-state index contributed by atoms with van der Waals surface area (Å²) in [6.07, 6.45) is 6.93. The Labute approximate surface area is 173 Å². The van der Waals surface area contributed by atoms with Crippen LogP contribution in [0.15, 0.2) is 79.4 Å². The number of nitrogens with zero attached hydrogens (tertiary/aromatic N) is 5. The van der Waals surface area contributed by atoms with Crippen molar-refractivity contribution >= 4 is 23.2 Å². The number of amides is 1. The molecule has 0 aliphatic carbocycles. The molecule has 4 aromatic rings. The summed E-state index contributed by atoms with van der Waals surface area (Å²) in [4.78, 5) is 16.4. The molecule has 3 aromatic heterocycles. The predicted octanol–water partition coefficient (Wildman–Crippen LogP) is 2.64. The van der Waals surface area contributed by atoms with Crippen LogP contribution < -0.4 is 16.0 Å². The summed E-state index contributed by atoms with van der Waals surface area (Å²) in [6, 6.07) is 16.5. The first kappa shape index (κ1) is 19.1. The summed E-state index contributed by atoms with van der Waals surface area (Å²) in [5.41, 5.74) is 2.30. The molecule has 150 valence electrons. The smallest absolute Gasteiger partial charge is 0.251 e. The number of rotatable bonds is 8. The maximum atomic E-state index is 12.4. The van der Waals surface area contributed by atoms with Crippen LogP contribution in [-0.4, -0.2) is 44.0 Å². The lowest BCUT2D eigenvalue weighted by molar-refractivity contribution is 0.0955. The van der Waals surface area contributed by atoms with Gasteiger partial charge in [0.25, 0.3) is 5.91 Å². The molecule has 0 saturated carbocycles. The summed E-state index contributed by atoms with van der Waals surface area (Å²) in [6.45, 7) is 0.972. The zero-order chi connectivity index (χ0) is 20.6. The van der Waals surface area contributed by atoms with Crippen LogP contribution in [0.4, 0.5) is 17.3 Å². The van der Waals surface area contributed by atoms with Crippen LogP contribution in [-0.2, 0) is 0 Å². The largest absolute Gasteiger partial charge is 0.367 e. The quantitative estimate of drug-likeness (QED) is 0.390. The number of hydrogen-bond donors (Lipinski definition) is 3. The summed E-state index contributed by atoms with van der Waals surface area (Å²) in [5, 5.41) is 21.6. The minimum Gasteiger partial charge on any atom is -0.367 e. The molecule has 0 aliphatic rings. The van der Waals surface area contributed by atoms with Crippen molar-refractivity contribution in [2.24, 2.45) is 0 Å². The number of carbonyl (C=O) groups excluding carboxylic acids is 1. The third-order valence-electron chi connectivity index (χ3n) is 4.21. The van der Waals surface area contributed by atoms with Crippen molar-refractivity contribution in [3.63, 3.8) is 0 Å². The van der Waals surface area contributed by atoms with Crippen LogP contribution in [0, 0.1) is 0 Å². The summed E-state index contributed by atoms with van der Waals surface area (Å²) < 4.78 is 1.71. The summed E-state index contributed by atoms with van der Waals surface area (Å²) >= 11 is 0. The zero-order valence-electron chi connectivity index (χ0n) is 16.1. The van der Waals surface area contributed by atoms with E-state index in [1.807, 2.05) is 48.7 Å². The second kappa shape index (κ2) is 9.28. The van der Waals surface area contributed by atoms with Gasteiger partial charge in [0.15, 0.2) is 5.82 Å². The van der Waals surface area contributed by atoms with Gasteiger partial charge in [0, 0.05) is 49.1 Å². The lowest BCUT2D eigenvalue weighted by Gasteiger charge is -2.09. The molecule has 3 N–H and O–H groups in total. The first-order valence-corrected chi connectivity index (χ1v) is 9.41. The Bertz CT molecular complexity index is 1080. The monoisotopic (exact) mass is 400 g/mol. The van der Waals surface area contributed by atoms with Crippen molar-refractivity contribution < 1.29 is 4.79 Å². The van der Waals surface area contributed by atoms with Gasteiger partial charge in [-0.05, 0) is 48.5 Å². The Morgan fingerprint density at radius 3 is 2.50 bits per heavy atom. The second-order valence-electron chi connectivity index (χ2n) is 6.35. The van der Waals surface area contributed by atoms with E-state index in [-0.39, 0.29) is 5.91 Å². The second-order valence-corrected chi connectivity index (χ2v) is 6.35. The molecule has 9 nitrogen and oxygen atoms in total. The fourth-order valence-electron chi connectivity index (χ4n) is 2.76. The highest BCUT2D eigenvalue weighted by Crippen LogP contribution is 2.13. The van der Waals surface area contributed by atoms with Gasteiger partial charge in [-0.25, -0.2) is 4.68 Å². The van der Waals surface area contributed by atoms with Crippen LogP contribution >= 0.6 is 0 Å². The average Bonchev–Trinajstić information content (AvgIpc) is 3.34. The molecule has 0 fully saturated rings. The van der Waals surface area contributed by atoms with E-state index in [0.717, 1.165) is 11.4 Å². The van der Waals surface area contributed by atoms with E-state index >= 15 is 0 Å². The number of benzene rings is 1. The van der Waals surface area contributed by atoms with Crippen LogP contribution in [0.1, 0.15) is 10.4 Å². The average molecular weight is 400 g/mol. The highest BCUT2D eigenvalue weighted by Gasteiger charge is 2.07. The molecule has 0 radical (unpaired) electrons. The number of aromatic nitrogens is 5. The predicted molar refractivity (Wildman–Crippen MR) is 114 cm³/mol. The minimum atomic E-state index is -0.145. The van der Waals surface area contributed by atoms with E-state index in [4.69, 9.17) is 0 Å². The third-order valence-corrected chi connectivity index (χ3v) is 4.21. The Hall–Kier alpha value is -4.27. The van der Waals surface area contributed by atoms with Crippen molar-refractivity contribution in [3.8, 4) is 5.69 Å². The zero-order valence-corrected chi connectivity index (χ0v) is 16.1. The van der Waals surface area contributed by atoms with E-state index in [1.54, 1.807) is 35.4 Å². The van der Waals surface area contributed by atoms with Crippen LogP contribution in [0.2, 0.25) is 0 Å². The molecule has 30 heavy (non-hydrogen) atoms. The van der Waals surface area contributed by atoms with E-state index in [9.17, 15) is 4.79 Å². The number of nitrogens with one attached hydrogen (secondary N) is 3. The molecule has 9 heteroatoms. The molecule has 4 rings (SSSR count). The van der Waals surface area contributed by atoms with E-state index in [1.165, 1.54) is 0 Å². The van der Waals surface area contributed by atoms with Crippen molar-refractivity contribution in [2.45, 2.75) is 0 Å². The third kappa shape index (κ3) is 4.96. The van der Waals surface area contributed by atoms with Gasteiger partial charge in [-0.1, -0.05) is 6.07 Å². The minimum absolute atomic E-state index is 0.145. The van der Waals surface area contributed by atoms with E-state index in [2.05, 4.69) is 36.2 Å². The van der Waals surface area contributed by atoms with E-state index < -0.39 is 0 Å². The normalized spacial score (nSPS) is 10.4. The van der Waals surface area contributed by atoms with Gasteiger partial charge >= 0.3 is 0 Å². The van der Waals surface area contributed by atoms with Crippen molar-refractivity contribution in [3.05, 3.63) is 84.9 Å². The fourth-order valence-corrected chi connectivity index (χ4v) is 2.76. The molecule has 0 spiro atoms. The van der Waals surface area contributed by atoms with Gasteiger partial charge in [0.1, 0.15) is 5.82 Å². The molecule has 0 bridgehead atoms. The number of carbonyl (C=O) groups is 1. The molecule has 0 aliphatic heterocycles. The maximum Gasteiger partial charge on any atom is 0.251 e. The number of hydrogen-bond acceptors (Lipinski definition) is 7. The van der Waals surface area contributed by atoms with Crippen LogP contribution in [0.5, 0.6) is 0 Å². The standard InChI is InChI=1S/C21H20N8O/c30-21(16-3-1-4-18(15-16)29-14-2-9-25-29)24-13-12-23-19-5-6-20(28-27-19)26-17-7-10-22-11-8-17/h1-11,14-15H,12-13H2,(H,23,27)(H,24,30)(H,22,26,28). The van der Waals surface area contributed by atoms with Gasteiger partial charge in [-0.15, -0.1) is 10.2 Å². The molecule has 1 amide bonds. The Balaban J connectivity index is 1.24. The van der Waals surface area contributed by atoms with Gasteiger partial charge < -0.3 is 16.0 Å². The topological polar surface area (TPSA) is 110 Å².